The summed E-state index contributed by atoms with van der Waals surface area (Å²) in [6, 6.07) is 15.3. The molecule has 1 aromatic heterocycles. The normalized spacial score (nSPS) is 20.1. The van der Waals surface area contributed by atoms with E-state index in [2.05, 4.69) is 98.0 Å². The zero-order chi connectivity index (χ0) is 28.4. The van der Waals surface area contributed by atoms with Gasteiger partial charge in [-0.3, -0.25) is 4.79 Å². The Bertz CT molecular complexity index is 1420. The molecule has 0 fully saturated rings. The highest BCUT2D eigenvalue weighted by Crippen LogP contribution is 2.47. The first-order valence-corrected chi connectivity index (χ1v) is 14.7. The highest BCUT2D eigenvalue weighted by atomic mass is 16.3. The Morgan fingerprint density at radius 1 is 0.718 bits per heavy atom. The van der Waals surface area contributed by atoms with Crippen LogP contribution in [-0.4, -0.2) is 5.91 Å². The molecule has 208 valence electrons. The summed E-state index contributed by atoms with van der Waals surface area (Å²) in [5, 5.41) is 3.09. The summed E-state index contributed by atoms with van der Waals surface area (Å²) in [7, 11) is 0. The molecule has 3 nitrogen and oxygen atoms in total. The molecule has 0 saturated carbocycles. The van der Waals surface area contributed by atoms with Crippen LogP contribution in [0.1, 0.15) is 136 Å². The van der Waals surface area contributed by atoms with Crippen LogP contribution in [0, 0.1) is 6.92 Å². The smallest absolute Gasteiger partial charge is 0.287 e. The van der Waals surface area contributed by atoms with E-state index >= 15 is 0 Å². The summed E-state index contributed by atoms with van der Waals surface area (Å²) in [4.78, 5) is 13.0. The maximum absolute atomic E-state index is 13.0. The van der Waals surface area contributed by atoms with E-state index in [4.69, 9.17) is 4.42 Å². The summed E-state index contributed by atoms with van der Waals surface area (Å²) in [5.74, 6) is 1.04. The van der Waals surface area contributed by atoms with Crippen LogP contribution in [0.3, 0.4) is 0 Å². The highest BCUT2D eigenvalue weighted by Gasteiger charge is 2.38. The first kappa shape index (κ1) is 27.7. The number of fused-ring (bicyclic) bond motifs is 2. The number of hydrogen-bond acceptors (Lipinski definition) is 2. The van der Waals surface area contributed by atoms with Gasteiger partial charge in [0.25, 0.3) is 5.91 Å². The standard InChI is InChI=1S/C36H47NO2/c1-23-18-28-30(36(8,9)17-16-34(28,4)5)21-25(23)20-26-11-13-31(39-26)32(38)37-22-24-10-12-27-29(19-24)35(6,7)15-14-33(27,2)3/h10-13,18-19,21H,14-17,20,22H2,1-9H3,(H,37,38). The molecule has 1 heterocycles. The van der Waals surface area contributed by atoms with Crippen LogP contribution in [0.25, 0.3) is 0 Å². The number of rotatable bonds is 5. The molecule has 0 aliphatic heterocycles. The summed E-state index contributed by atoms with van der Waals surface area (Å²) < 4.78 is 6.07. The largest absolute Gasteiger partial charge is 0.456 e. The average molecular weight is 526 g/mol. The van der Waals surface area contributed by atoms with Gasteiger partial charge in [0.2, 0.25) is 0 Å². The molecule has 39 heavy (non-hydrogen) atoms. The van der Waals surface area contributed by atoms with E-state index in [1.54, 1.807) is 0 Å². The fourth-order valence-electron chi connectivity index (χ4n) is 6.76. The van der Waals surface area contributed by atoms with Crippen molar-refractivity contribution < 1.29 is 9.21 Å². The first-order chi connectivity index (χ1) is 18.1. The molecule has 1 N–H and O–H groups in total. The third-order valence-electron chi connectivity index (χ3n) is 9.93. The van der Waals surface area contributed by atoms with Gasteiger partial charge in [-0.25, -0.2) is 0 Å². The minimum absolute atomic E-state index is 0.153. The molecule has 0 spiro atoms. The molecular weight excluding hydrogens is 478 g/mol. The van der Waals surface area contributed by atoms with Crippen molar-refractivity contribution in [3.05, 3.63) is 92.9 Å². The minimum Gasteiger partial charge on any atom is -0.456 e. The van der Waals surface area contributed by atoms with Gasteiger partial charge in [-0.1, -0.05) is 85.7 Å². The van der Waals surface area contributed by atoms with E-state index in [0.717, 1.165) is 11.3 Å². The van der Waals surface area contributed by atoms with Gasteiger partial charge in [-0.15, -0.1) is 0 Å². The van der Waals surface area contributed by atoms with Gasteiger partial charge in [0.1, 0.15) is 5.76 Å². The van der Waals surface area contributed by atoms with Gasteiger partial charge in [0.05, 0.1) is 0 Å². The topological polar surface area (TPSA) is 42.2 Å². The lowest BCUT2D eigenvalue weighted by Gasteiger charge is -2.42. The van der Waals surface area contributed by atoms with Crippen LogP contribution < -0.4 is 5.32 Å². The molecule has 0 bridgehead atoms. The number of furan rings is 1. The number of aryl methyl sites for hydroxylation is 1. The van der Waals surface area contributed by atoms with Crippen molar-refractivity contribution >= 4 is 5.91 Å². The number of amides is 1. The zero-order valence-electron chi connectivity index (χ0n) is 25.6. The van der Waals surface area contributed by atoms with Gasteiger partial charge in [0.15, 0.2) is 5.76 Å². The van der Waals surface area contributed by atoms with Gasteiger partial charge in [-0.2, -0.15) is 0 Å². The maximum atomic E-state index is 13.0. The van der Waals surface area contributed by atoms with E-state index < -0.39 is 0 Å². The third-order valence-corrected chi connectivity index (χ3v) is 9.93. The molecular formula is C36H47NO2. The predicted octanol–water partition coefficient (Wildman–Crippen LogP) is 8.81. The van der Waals surface area contributed by atoms with Crippen LogP contribution in [-0.2, 0) is 34.6 Å². The second kappa shape index (κ2) is 9.39. The minimum atomic E-state index is -0.163. The Morgan fingerprint density at radius 3 is 1.87 bits per heavy atom. The molecule has 2 aromatic carbocycles. The van der Waals surface area contributed by atoms with Gasteiger partial charge in [-0.05, 0) is 105 Å². The van der Waals surface area contributed by atoms with Crippen LogP contribution in [0.2, 0.25) is 0 Å². The lowest BCUT2D eigenvalue weighted by molar-refractivity contribution is 0.0921. The molecule has 3 heteroatoms. The maximum Gasteiger partial charge on any atom is 0.287 e. The number of hydrogen-bond donors (Lipinski definition) is 1. The van der Waals surface area contributed by atoms with Crippen LogP contribution in [0.5, 0.6) is 0 Å². The first-order valence-electron chi connectivity index (χ1n) is 14.7. The quantitative estimate of drug-likeness (QED) is 0.362. The molecule has 2 aliphatic rings. The fraction of sp³-hybridized carbons (Fsp3) is 0.528. The molecule has 2 aliphatic carbocycles. The molecule has 0 atom stereocenters. The average Bonchev–Trinajstić information content (AvgIpc) is 3.33. The Kier molecular flexibility index (Phi) is 6.68. The molecule has 3 aromatic rings. The van der Waals surface area contributed by atoms with Crippen molar-refractivity contribution in [2.75, 3.05) is 0 Å². The summed E-state index contributed by atoms with van der Waals surface area (Å²) in [6.45, 7) is 21.5. The Balaban J connectivity index is 1.30. The third kappa shape index (κ3) is 5.22. The molecule has 5 rings (SSSR count). The van der Waals surface area contributed by atoms with Crippen molar-refractivity contribution in [3.63, 3.8) is 0 Å². The van der Waals surface area contributed by atoms with Crippen LogP contribution >= 0.6 is 0 Å². The van der Waals surface area contributed by atoms with Gasteiger partial charge < -0.3 is 9.73 Å². The van der Waals surface area contributed by atoms with E-state index in [1.807, 2.05) is 12.1 Å². The number of benzene rings is 2. The van der Waals surface area contributed by atoms with Crippen molar-refractivity contribution in [1.29, 1.82) is 0 Å². The highest BCUT2D eigenvalue weighted by molar-refractivity contribution is 5.91. The van der Waals surface area contributed by atoms with Crippen molar-refractivity contribution in [1.82, 2.24) is 5.32 Å². The van der Waals surface area contributed by atoms with E-state index in [9.17, 15) is 4.79 Å². The van der Waals surface area contributed by atoms with Crippen LogP contribution in [0.4, 0.5) is 0 Å². The lowest BCUT2D eigenvalue weighted by atomic mass is 9.62. The number of nitrogens with one attached hydrogen (secondary N) is 1. The van der Waals surface area contributed by atoms with Crippen molar-refractivity contribution in [2.45, 2.75) is 123 Å². The number of carbonyl (C=O) groups excluding carboxylic acids is 1. The number of carbonyl (C=O) groups is 1. The van der Waals surface area contributed by atoms with E-state index in [1.165, 1.54) is 59.1 Å². The second-order valence-corrected chi connectivity index (χ2v) is 14.9. The second-order valence-electron chi connectivity index (χ2n) is 14.9. The van der Waals surface area contributed by atoms with Crippen molar-refractivity contribution in [3.8, 4) is 0 Å². The van der Waals surface area contributed by atoms with Crippen LogP contribution in [0.15, 0.2) is 46.9 Å². The van der Waals surface area contributed by atoms with E-state index in [-0.39, 0.29) is 27.6 Å². The monoisotopic (exact) mass is 525 g/mol. The van der Waals surface area contributed by atoms with Gasteiger partial charge in [0, 0.05) is 13.0 Å². The molecule has 0 radical (unpaired) electrons. The molecule has 1 amide bonds. The summed E-state index contributed by atoms with van der Waals surface area (Å²) in [6.07, 6.45) is 5.48. The fourth-order valence-corrected chi connectivity index (χ4v) is 6.76. The lowest BCUT2D eigenvalue weighted by Crippen LogP contribution is -2.34. The predicted molar refractivity (Wildman–Crippen MR) is 161 cm³/mol. The molecule has 0 unspecified atom stereocenters. The summed E-state index contributed by atoms with van der Waals surface area (Å²) >= 11 is 0. The Labute approximate surface area is 235 Å². The van der Waals surface area contributed by atoms with Crippen molar-refractivity contribution in [2.24, 2.45) is 0 Å². The summed E-state index contributed by atoms with van der Waals surface area (Å²) in [5.41, 5.74) is 10.2. The van der Waals surface area contributed by atoms with Gasteiger partial charge >= 0.3 is 0 Å². The Morgan fingerprint density at radius 2 is 1.26 bits per heavy atom. The SMILES string of the molecule is Cc1cc2c(cc1Cc1ccc(C(=O)NCc3ccc4c(c3)C(C)(C)CCC4(C)C)o1)C(C)(C)CCC2(C)C. The zero-order valence-corrected chi connectivity index (χ0v) is 25.6. The van der Waals surface area contributed by atoms with E-state index in [0.29, 0.717) is 18.7 Å². The Hall–Kier alpha value is -2.81. The molecule has 0 saturated heterocycles.